The van der Waals surface area contributed by atoms with E-state index in [0.717, 1.165) is 11.4 Å². The molecule has 0 bridgehead atoms. The van der Waals surface area contributed by atoms with E-state index < -0.39 is 5.97 Å². The van der Waals surface area contributed by atoms with Gasteiger partial charge in [-0.25, -0.2) is 9.48 Å². The minimum absolute atomic E-state index is 0.165. The van der Waals surface area contributed by atoms with Crippen LogP contribution in [0.1, 0.15) is 16.2 Å². The van der Waals surface area contributed by atoms with Crippen LogP contribution in [0.5, 0.6) is 5.75 Å². The molecule has 9 nitrogen and oxygen atoms in total. The van der Waals surface area contributed by atoms with Crippen LogP contribution in [0.3, 0.4) is 0 Å². The molecule has 26 heavy (non-hydrogen) atoms. The van der Waals surface area contributed by atoms with Crippen LogP contribution in [0.15, 0.2) is 60.9 Å². The lowest BCUT2D eigenvalue weighted by Crippen LogP contribution is -2.11. The van der Waals surface area contributed by atoms with E-state index in [0.29, 0.717) is 11.4 Å². The van der Waals surface area contributed by atoms with Crippen molar-refractivity contribution in [3.8, 4) is 17.1 Å². The predicted molar refractivity (Wildman–Crippen MR) is 90.2 cm³/mol. The Morgan fingerprint density at radius 2 is 1.73 bits per heavy atom. The summed E-state index contributed by atoms with van der Waals surface area (Å²) < 4.78 is 6.89. The molecule has 0 N–H and O–H groups in total. The molecule has 0 amide bonds. The van der Waals surface area contributed by atoms with Gasteiger partial charge in [-0.05, 0) is 53.7 Å². The fourth-order valence-corrected chi connectivity index (χ4v) is 2.35. The number of benzene rings is 2. The van der Waals surface area contributed by atoms with E-state index in [9.17, 15) is 4.79 Å². The van der Waals surface area contributed by atoms with Crippen LogP contribution in [-0.4, -0.2) is 41.2 Å². The van der Waals surface area contributed by atoms with Crippen molar-refractivity contribution >= 4 is 5.97 Å². The number of hydrogen-bond acceptors (Lipinski definition) is 7. The summed E-state index contributed by atoms with van der Waals surface area (Å²) in [6.45, 7) is 1.71. The number of para-hydroxylation sites is 1. The highest BCUT2D eigenvalue weighted by atomic mass is 16.5. The van der Waals surface area contributed by atoms with Crippen LogP contribution >= 0.6 is 0 Å². The van der Waals surface area contributed by atoms with Gasteiger partial charge in [0.15, 0.2) is 5.69 Å². The largest absolute Gasteiger partial charge is 0.422 e. The predicted octanol–water partition coefficient (Wildman–Crippen LogP) is 1.77. The van der Waals surface area contributed by atoms with E-state index in [1.54, 1.807) is 31.2 Å². The van der Waals surface area contributed by atoms with Gasteiger partial charge in [0.25, 0.3) is 0 Å². The number of carbonyl (C=O) groups excluding carboxylic acids is 1. The smallest absolute Gasteiger partial charge is 0.366 e. The Morgan fingerprint density at radius 1 is 0.962 bits per heavy atom. The molecule has 0 unspecified atom stereocenters. The fraction of sp³-hybridized carbons (Fsp3) is 0.0588. The summed E-state index contributed by atoms with van der Waals surface area (Å²) in [4.78, 5) is 13.8. The summed E-state index contributed by atoms with van der Waals surface area (Å²) in [5, 5.41) is 19.5. The zero-order valence-electron chi connectivity index (χ0n) is 13.7. The van der Waals surface area contributed by atoms with Gasteiger partial charge in [0, 0.05) is 0 Å². The quantitative estimate of drug-likeness (QED) is 0.409. The zero-order valence-corrected chi connectivity index (χ0v) is 13.7. The van der Waals surface area contributed by atoms with Crippen molar-refractivity contribution in [3.63, 3.8) is 0 Å². The standard InChI is InChI=1S/C17H13N7O2/c1-12-16(20-24(19-12)14-5-3-2-4-6-14)17(25)26-15-9-7-13(8-10-15)23-11-18-21-22-23/h2-11H,1H3. The van der Waals surface area contributed by atoms with Gasteiger partial charge < -0.3 is 4.74 Å². The van der Waals surface area contributed by atoms with Crippen molar-refractivity contribution in [2.45, 2.75) is 6.92 Å². The third-order valence-electron chi connectivity index (χ3n) is 3.62. The number of tetrazole rings is 1. The monoisotopic (exact) mass is 347 g/mol. The lowest BCUT2D eigenvalue weighted by Gasteiger charge is -2.04. The van der Waals surface area contributed by atoms with E-state index in [4.69, 9.17) is 4.74 Å². The first kappa shape index (κ1) is 15.6. The Labute approximate surface area is 147 Å². The van der Waals surface area contributed by atoms with Crippen LogP contribution in [0.4, 0.5) is 0 Å². The number of aromatic nitrogens is 7. The van der Waals surface area contributed by atoms with Gasteiger partial charge in [-0.3, -0.25) is 0 Å². The van der Waals surface area contributed by atoms with Gasteiger partial charge in [-0.1, -0.05) is 18.2 Å². The average molecular weight is 347 g/mol. The molecular weight excluding hydrogens is 334 g/mol. The molecule has 2 aromatic carbocycles. The molecule has 0 atom stereocenters. The van der Waals surface area contributed by atoms with Gasteiger partial charge >= 0.3 is 5.97 Å². The van der Waals surface area contributed by atoms with Crippen LogP contribution in [0.25, 0.3) is 11.4 Å². The second-order valence-electron chi connectivity index (χ2n) is 5.40. The van der Waals surface area contributed by atoms with E-state index in [1.165, 1.54) is 15.8 Å². The molecule has 2 heterocycles. The fourth-order valence-electron chi connectivity index (χ4n) is 2.35. The Kier molecular flexibility index (Phi) is 3.94. The molecule has 0 fully saturated rings. The molecule has 0 aliphatic carbocycles. The summed E-state index contributed by atoms with van der Waals surface area (Å²) in [5.74, 6) is -0.180. The lowest BCUT2D eigenvalue weighted by atomic mass is 10.3. The highest BCUT2D eigenvalue weighted by Gasteiger charge is 2.18. The molecule has 128 valence electrons. The van der Waals surface area contributed by atoms with Gasteiger partial charge in [0.05, 0.1) is 17.1 Å². The number of rotatable bonds is 4. The van der Waals surface area contributed by atoms with Gasteiger partial charge in [-0.15, -0.1) is 10.2 Å². The Morgan fingerprint density at radius 3 is 2.42 bits per heavy atom. The van der Waals surface area contributed by atoms with E-state index in [-0.39, 0.29) is 5.69 Å². The number of hydrogen-bond donors (Lipinski definition) is 0. The van der Waals surface area contributed by atoms with E-state index in [2.05, 4.69) is 25.7 Å². The number of esters is 1. The van der Waals surface area contributed by atoms with E-state index >= 15 is 0 Å². The molecule has 0 radical (unpaired) electrons. The number of aryl methyl sites for hydroxylation is 1. The second-order valence-corrected chi connectivity index (χ2v) is 5.40. The maximum atomic E-state index is 12.4. The van der Waals surface area contributed by atoms with Crippen molar-refractivity contribution in [1.29, 1.82) is 0 Å². The highest BCUT2D eigenvalue weighted by Crippen LogP contribution is 2.16. The SMILES string of the molecule is Cc1nn(-c2ccccc2)nc1C(=O)Oc1ccc(-n2cnnn2)cc1. The number of ether oxygens (including phenoxy) is 1. The Balaban J connectivity index is 1.52. The minimum Gasteiger partial charge on any atom is -0.422 e. The lowest BCUT2D eigenvalue weighted by molar-refractivity contribution is 0.0727. The maximum absolute atomic E-state index is 12.4. The van der Waals surface area contributed by atoms with Crippen molar-refractivity contribution < 1.29 is 9.53 Å². The normalized spacial score (nSPS) is 10.7. The van der Waals surface area contributed by atoms with E-state index in [1.807, 2.05) is 30.3 Å². The molecule has 0 spiro atoms. The highest BCUT2D eigenvalue weighted by molar-refractivity contribution is 5.90. The first-order valence-electron chi connectivity index (χ1n) is 7.76. The van der Waals surface area contributed by atoms with Crippen molar-refractivity contribution in [1.82, 2.24) is 35.2 Å². The number of nitrogens with zero attached hydrogens (tertiary/aromatic N) is 7. The summed E-state index contributed by atoms with van der Waals surface area (Å²) in [7, 11) is 0. The summed E-state index contributed by atoms with van der Waals surface area (Å²) >= 11 is 0. The molecule has 4 aromatic rings. The molecule has 0 saturated carbocycles. The summed E-state index contributed by atoms with van der Waals surface area (Å²) in [6, 6.07) is 16.2. The molecule has 2 aromatic heterocycles. The minimum atomic E-state index is -0.570. The molecule has 9 heteroatoms. The zero-order chi connectivity index (χ0) is 17.9. The molecule has 4 rings (SSSR count). The van der Waals surface area contributed by atoms with Crippen molar-refractivity contribution in [2.24, 2.45) is 0 Å². The molecule has 0 aliphatic rings. The van der Waals surface area contributed by atoms with Gasteiger partial charge in [-0.2, -0.15) is 9.90 Å². The Bertz CT molecular complexity index is 1020. The van der Waals surface area contributed by atoms with Crippen molar-refractivity contribution in [3.05, 3.63) is 72.3 Å². The van der Waals surface area contributed by atoms with Crippen molar-refractivity contribution in [2.75, 3.05) is 0 Å². The first-order chi connectivity index (χ1) is 12.7. The summed E-state index contributed by atoms with van der Waals surface area (Å²) in [5.41, 5.74) is 2.17. The number of carbonyl (C=O) groups is 1. The molecular formula is C17H13N7O2. The molecule has 0 aliphatic heterocycles. The Hall–Kier alpha value is -3.88. The second kappa shape index (κ2) is 6.55. The van der Waals surface area contributed by atoms with Crippen LogP contribution in [-0.2, 0) is 0 Å². The first-order valence-corrected chi connectivity index (χ1v) is 7.76. The average Bonchev–Trinajstić information content (AvgIpc) is 3.33. The van der Waals surface area contributed by atoms with Crippen LogP contribution in [0, 0.1) is 6.92 Å². The van der Waals surface area contributed by atoms with Crippen LogP contribution < -0.4 is 4.74 Å². The third-order valence-corrected chi connectivity index (χ3v) is 3.62. The summed E-state index contributed by atoms with van der Waals surface area (Å²) in [6.07, 6.45) is 1.48. The third kappa shape index (κ3) is 3.05. The topological polar surface area (TPSA) is 101 Å². The van der Waals surface area contributed by atoms with Gasteiger partial charge in [0.2, 0.25) is 0 Å². The van der Waals surface area contributed by atoms with Crippen LogP contribution in [0.2, 0.25) is 0 Å². The van der Waals surface area contributed by atoms with Gasteiger partial charge in [0.1, 0.15) is 12.1 Å². The maximum Gasteiger partial charge on any atom is 0.366 e. The molecule has 0 saturated heterocycles.